The molecule has 0 saturated heterocycles. The normalized spacial score (nSPS) is 20.5. The number of ether oxygens (including phenoxy) is 3. The highest BCUT2D eigenvalue weighted by Gasteiger charge is 2.63. The SMILES string of the molecule is COc1cc2nc(CCn3c(=O)n4n(c3=O)C3CC5C(=O)C(c6ccccc6)=CC(=O)C5(c5ccccc5)C(c5cc(OC)c(O)c(Br)c5Br)C3=CC4)c(=O)n(C)c2cc1OC. The number of aromatic nitrogens is 5. The Morgan fingerprint density at radius 3 is 2.18 bits per heavy atom. The number of carbonyl (C=O) groups is 2. The van der Waals surface area contributed by atoms with Gasteiger partial charge in [0.25, 0.3) is 5.56 Å². The maximum Gasteiger partial charge on any atom is 0.347 e. The van der Waals surface area contributed by atoms with Crippen LogP contribution < -0.4 is 31.1 Å². The molecule has 4 atom stereocenters. The number of halogens is 2. The van der Waals surface area contributed by atoms with Crippen LogP contribution in [0, 0.1) is 5.92 Å². The molecule has 2 aromatic heterocycles. The van der Waals surface area contributed by atoms with Crippen LogP contribution in [0.25, 0.3) is 16.6 Å². The Bertz CT molecular complexity index is 3110. The number of methoxy groups -OCH3 is 3. The van der Waals surface area contributed by atoms with E-state index in [-0.39, 0.29) is 64.7 Å². The van der Waals surface area contributed by atoms with Gasteiger partial charge >= 0.3 is 11.4 Å². The lowest BCUT2D eigenvalue weighted by Crippen LogP contribution is -2.58. The zero-order chi connectivity index (χ0) is 43.8. The maximum atomic E-state index is 15.4. The van der Waals surface area contributed by atoms with E-state index in [2.05, 4.69) is 36.8 Å². The molecule has 16 heteroatoms. The summed E-state index contributed by atoms with van der Waals surface area (Å²) >= 11 is 7.24. The lowest BCUT2D eigenvalue weighted by Gasteiger charge is -2.54. The van der Waals surface area contributed by atoms with Gasteiger partial charge in [0.2, 0.25) is 0 Å². The van der Waals surface area contributed by atoms with Crippen LogP contribution >= 0.6 is 31.9 Å². The smallest absolute Gasteiger partial charge is 0.347 e. The summed E-state index contributed by atoms with van der Waals surface area (Å²) in [6.07, 6.45) is 3.25. The van der Waals surface area contributed by atoms with Crippen molar-refractivity contribution in [3.63, 3.8) is 0 Å². The van der Waals surface area contributed by atoms with Crippen LogP contribution in [0.2, 0.25) is 0 Å². The largest absolute Gasteiger partial charge is 0.503 e. The van der Waals surface area contributed by atoms with Gasteiger partial charge in [-0.25, -0.2) is 28.5 Å². The molecule has 62 heavy (non-hydrogen) atoms. The Morgan fingerprint density at radius 2 is 1.50 bits per heavy atom. The minimum absolute atomic E-state index is 0.00140. The number of ketones is 2. The second-order valence-corrected chi connectivity index (χ2v) is 17.1. The number of phenolic OH excluding ortho intramolecular Hbond substituents is 1. The van der Waals surface area contributed by atoms with Crippen molar-refractivity contribution in [2.75, 3.05) is 21.3 Å². The minimum Gasteiger partial charge on any atom is -0.503 e. The van der Waals surface area contributed by atoms with Crippen LogP contribution in [0.3, 0.4) is 0 Å². The number of aromatic hydroxyl groups is 1. The second kappa shape index (κ2) is 15.6. The minimum atomic E-state index is -1.54. The molecule has 1 fully saturated rings. The third-order valence-electron chi connectivity index (χ3n) is 12.6. The van der Waals surface area contributed by atoms with Gasteiger partial charge in [0.05, 0.1) is 54.8 Å². The molecule has 3 heterocycles. The Hall–Kier alpha value is -6.26. The zero-order valence-corrected chi connectivity index (χ0v) is 37.1. The Morgan fingerprint density at radius 1 is 0.839 bits per heavy atom. The maximum absolute atomic E-state index is 15.4. The molecule has 9 rings (SSSR count). The fraction of sp³-hybridized carbons (Fsp3) is 0.261. The van der Waals surface area contributed by atoms with E-state index >= 15 is 9.59 Å². The number of hydrogen-bond acceptors (Lipinski definition) is 10. The summed E-state index contributed by atoms with van der Waals surface area (Å²) in [5.41, 5.74) is 0.513. The van der Waals surface area contributed by atoms with Crippen LogP contribution in [0.15, 0.2) is 120 Å². The van der Waals surface area contributed by atoms with E-state index in [9.17, 15) is 19.5 Å². The summed E-state index contributed by atoms with van der Waals surface area (Å²) in [4.78, 5) is 78.0. The third kappa shape index (κ3) is 6.01. The number of phenols is 1. The van der Waals surface area contributed by atoms with Crippen molar-refractivity contribution >= 4 is 60.0 Å². The van der Waals surface area contributed by atoms with Crippen LogP contribution in [0.5, 0.6) is 23.0 Å². The monoisotopic (exact) mass is 963 g/mol. The molecule has 0 spiro atoms. The first-order chi connectivity index (χ1) is 29.9. The summed E-state index contributed by atoms with van der Waals surface area (Å²) in [7, 11) is 6.02. The topological polar surface area (TPSA) is 166 Å². The standard InChI is InChI=1S/C46H39Br2N5O9/c1-50-33-23-35(61-3)34(60-2)22-31(33)49-30(43(50)57)16-17-51-44(58)52-18-15-26-32(53(52)45(51)59)21-29-41(55)27(24-11-7-5-8-12-24)20-37(54)46(29,25-13-9-6-10-14-25)38(26)28-19-36(62-4)42(56)40(48)39(28)47/h5-15,19-20,22-23,29,32,38,56H,16-18,21H2,1-4H3. The number of fused-ring (bicyclic) bond motifs is 5. The predicted molar refractivity (Wildman–Crippen MR) is 237 cm³/mol. The molecule has 0 amide bonds. The van der Waals surface area contributed by atoms with Crippen molar-refractivity contribution < 1.29 is 28.9 Å². The van der Waals surface area contributed by atoms with E-state index in [1.54, 1.807) is 49.5 Å². The van der Waals surface area contributed by atoms with E-state index in [4.69, 9.17) is 14.2 Å². The van der Waals surface area contributed by atoms with Crippen molar-refractivity contribution in [3.8, 4) is 23.0 Å². The molecule has 4 unspecified atom stereocenters. The van der Waals surface area contributed by atoms with Crippen molar-refractivity contribution in [3.05, 3.63) is 159 Å². The molecule has 0 bridgehead atoms. The van der Waals surface area contributed by atoms with Crippen LogP contribution in [-0.4, -0.2) is 61.5 Å². The molecule has 2 aliphatic carbocycles. The van der Waals surface area contributed by atoms with Crippen molar-refractivity contribution in [1.82, 2.24) is 23.5 Å². The van der Waals surface area contributed by atoms with Gasteiger partial charge in [-0.05, 0) is 72.7 Å². The number of hydrogen-bond donors (Lipinski definition) is 1. The second-order valence-electron chi connectivity index (χ2n) is 15.5. The first-order valence-electron chi connectivity index (χ1n) is 19.8. The number of allylic oxidation sites excluding steroid dienone is 4. The summed E-state index contributed by atoms with van der Waals surface area (Å²) in [6.45, 7) is -0.196. The molecular formula is C46H39Br2N5O9. The molecular weight excluding hydrogens is 926 g/mol. The van der Waals surface area contributed by atoms with Crippen molar-refractivity contribution in [2.45, 2.75) is 43.3 Å². The van der Waals surface area contributed by atoms with Gasteiger partial charge in [-0.3, -0.25) is 14.4 Å². The van der Waals surface area contributed by atoms with Gasteiger partial charge in [-0.1, -0.05) is 66.7 Å². The van der Waals surface area contributed by atoms with Crippen LogP contribution in [0.4, 0.5) is 0 Å². The highest BCUT2D eigenvalue weighted by Crippen LogP contribution is 2.63. The molecule has 316 valence electrons. The zero-order valence-electron chi connectivity index (χ0n) is 33.9. The average molecular weight is 966 g/mol. The highest BCUT2D eigenvalue weighted by atomic mass is 79.9. The van der Waals surface area contributed by atoms with Crippen LogP contribution in [0.1, 0.15) is 40.8 Å². The number of carbonyl (C=O) groups excluding carboxylic acids is 2. The molecule has 1 aliphatic heterocycles. The average Bonchev–Trinajstić information content (AvgIpc) is 3.54. The van der Waals surface area contributed by atoms with Gasteiger partial charge in [-0.2, -0.15) is 0 Å². The van der Waals surface area contributed by atoms with E-state index < -0.39 is 40.2 Å². The fourth-order valence-corrected chi connectivity index (χ4v) is 10.7. The van der Waals surface area contributed by atoms with Crippen LogP contribution in [-0.2, 0) is 41.6 Å². The summed E-state index contributed by atoms with van der Waals surface area (Å²) in [5.74, 6) is -1.75. The predicted octanol–water partition coefficient (Wildman–Crippen LogP) is 6.02. The van der Waals surface area contributed by atoms with Gasteiger partial charge in [0.15, 0.2) is 34.6 Å². The molecule has 1 saturated carbocycles. The molecule has 6 aromatic rings. The van der Waals surface area contributed by atoms with Gasteiger partial charge in [0, 0.05) is 54.0 Å². The first-order valence-corrected chi connectivity index (χ1v) is 21.4. The van der Waals surface area contributed by atoms with E-state index in [0.29, 0.717) is 49.3 Å². The fourth-order valence-electron chi connectivity index (χ4n) is 9.79. The van der Waals surface area contributed by atoms with Crippen molar-refractivity contribution in [2.24, 2.45) is 13.0 Å². The van der Waals surface area contributed by atoms with Gasteiger partial charge in [-0.15, -0.1) is 0 Å². The summed E-state index contributed by atoms with van der Waals surface area (Å²) < 4.78 is 22.5. The summed E-state index contributed by atoms with van der Waals surface area (Å²) in [5, 5.41) is 11.1. The number of nitrogens with zero attached hydrogens (tertiary/aromatic N) is 5. The quantitative estimate of drug-likeness (QED) is 0.170. The van der Waals surface area contributed by atoms with Crippen molar-refractivity contribution in [1.29, 1.82) is 0 Å². The van der Waals surface area contributed by atoms with Gasteiger partial charge in [0.1, 0.15) is 5.69 Å². The molecule has 3 aliphatic rings. The van der Waals surface area contributed by atoms with E-state index in [0.717, 1.165) is 4.57 Å². The lowest BCUT2D eigenvalue weighted by molar-refractivity contribution is -0.133. The Kier molecular flexibility index (Phi) is 10.3. The first kappa shape index (κ1) is 41.1. The number of aryl methyl sites for hydroxylation is 2. The van der Waals surface area contributed by atoms with E-state index in [1.807, 2.05) is 42.5 Å². The number of rotatable bonds is 9. The number of benzene rings is 4. The third-order valence-corrected chi connectivity index (χ3v) is 14.8. The highest BCUT2D eigenvalue weighted by molar-refractivity contribution is 9.13. The Balaban J connectivity index is 1.22. The molecule has 14 nitrogen and oxygen atoms in total. The lowest BCUT2D eigenvalue weighted by atomic mass is 9.47. The molecule has 4 aromatic carbocycles. The molecule has 1 N–H and O–H groups in total. The Labute approximate surface area is 370 Å². The molecule has 0 radical (unpaired) electrons. The van der Waals surface area contributed by atoms with E-state index in [1.165, 1.54) is 41.3 Å². The number of Topliss-reactive ketones (excluding diaryl/α,β-unsaturated/α-hetero) is 1. The van der Waals surface area contributed by atoms with Gasteiger partial charge < -0.3 is 23.9 Å². The summed E-state index contributed by atoms with van der Waals surface area (Å²) in [6, 6.07) is 22.3.